The Balaban J connectivity index is 1.02. The van der Waals surface area contributed by atoms with E-state index in [9.17, 15) is 0 Å². The first-order valence-corrected chi connectivity index (χ1v) is 33.6. The minimum atomic E-state index is -0.294. The summed E-state index contributed by atoms with van der Waals surface area (Å²) in [6.07, 6.45) is 2.08. The zero-order valence-electron chi connectivity index (χ0n) is 56.9. The standard InChI is InChI=1S/C87H92BN3/c1-57-49-76-80-77(50-57)90(72-48-41-64(82(5,6)7)52-68(72)58-29-21-17-22-30-58)74-53-65(83(8,9)10)40-45-70(74)88(80)71-46-44-67(54-75(71)89(76)66-42-38-63(39-43-66)81(2,3)4)91-73-47-37-62(51-69(73)86(15)55-84(11,12)85(13,14)56-87(86,91)16)79(61-35-27-20-28-36-61)78(59-31-23-18-24-32-59)60-33-25-19-26-34-60/h17-54,78-79H,55-56H2,1-16H3. The highest BCUT2D eigenvalue weighted by molar-refractivity contribution is 7.00. The lowest BCUT2D eigenvalue weighted by Crippen LogP contribution is -2.63. The van der Waals surface area contributed by atoms with E-state index in [4.69, 9.17) is 0 Å². The van der Waals surface area contributed by atoms with Gasteiger partial charge in [-0.3, -0.25) is 0 Å². The zero-order valence-corrected chi connectivity index (χ0v) is 56.9. The van der Waals surface area contributed by atoms with Crippen LogP contribution in [0.4, 0.5) is 45.5 Å². The van der Waals surface area contributed by atoms with Gasteiger partial charge in [0.2, 0.25) is 0 Å². The first-order valence-electron chi connectivity index (χ1n) is 33.6. The summed E-state index contributed by atoms with van der Waals surface area (Å²) in [5, 5.41) is 0. The summed E-state index contributed by atoms with van der Waals surface area (Å²) in [7, 11) is 0. The molecule has 0 aromatic heterocycles. The van der Waals surface area contributed by atoms with Gasteiger partial charge in [-0.25, -0.2) is 0 Å². The number of rotatable bonds is 9. The number of anilines is 8. The van der Waals surface area contributed by atoms with Crippen molar-refractivity contribution in [1.82, 2.24) is 0 Å². The molecular weight excluding hydrogens is 1100 g/mol. The predicted octanol–water partition coefficient (Wildman–Crippen LogP) is 21.6. The Kier molecular flexibility index (Phi) is 14.2. The van der Waals surface area contributed by atoms with Crippen LogP contribution in [0.15, 0.2) is 231 Å². The van der Waals surface area contributed by atoms with Crippen LogP contribution in [0, 0.1) is 17.8 Å². The molecule has 1 fully saturated rings. The fourth-order valence-corrected chi connectivity index (χ4v) is 16.9. The molecule has 3 aliphatic heterocycles. The molecule has 10 aromatic rings. The molecule has 0 radical (unpaired) electrons. The maximum atomic E-state index is 2.84. The van der Waals surface area contributed by atoms with Crippen LogP contribution in [0.1, 0.15) is 179 Å². The van der Waals surface area contributed by atoms with Gasteiger partial charge < -0.3 is 14.7 Å². The maximum absolute atomic E-state index is 2.84. The van der Waals surface area contributed by atoms with Crippen LogP contribution in [0.5, 0.6) is 0 Å². The lowest BCUT2D eigenvalue weighted by molar-refractivity contribution is -0.0312. The molecule has 4 aliphatic rings. The van der Waals surface area contributed by atoms with Gasteiger partial charge in [0.25, 0.3) is 6.71 Å². The van der Waals surface area contributed by atoms with Gasteiger partial charge in [0, 0.05) is 62.6 Å². The van der Waals surface area contributed by atoms with E-state index in [1.807, 2.05) is 0 Å². The molecule has 10 aromatic carbocycles. The molecular formula is C87H92BN3. The topological polar surface area (TPSA) is 9.72 Å². The average Bonchev–Trinajstić information content (AvgIpc) is 1.65. The summed E-state index contributed by atoms with van der Waals surface area (Å²) in [6.45, 7) is 38.8. The van der Waals surface area contributed by atoms with Gasteiger partial charge >= 0.3 is 0 Å². The van der Waals surface area contributed by atoms with E-state index in [1.165, 1.54) is 123 Å². The molecule has 4 heteroatoms. The van der Waals surface area contributed by atoms with Crippen molar-refractivity contribution in [2.45, 2.75) is 163 Å². The van der Waals surface area contributed by atoms with Gasteiger partial charge in [0.15, 0.2) is 0 Å². The lowest BCUT2D eigenvalue weighted by Gasteiger charge is -2.61. The Morgan fingerprint density at radius 3 is 1.38 bits per heavy atom. The highest BCUT2D eigenvalue weighted by Crippen LogP contribution is 2.69. The minimum absolute atomic E-state index is 0.00716. The first kappa shape index (κ1) is 60.2. The smallest absolute Gasteiger partial charge is 0.252 e. The Morgan fingerprint density at radius 1 is 0.374 bits per heavy atom. The first-order chi connectivity index (χ1) is 43.2. The molecule has 0 N–H and O–H groups in total. The van der Waals surface area contributed by atoms with Crippen LogP contribution < -0.4 is 31.1 Å². The highest BCUT2D eigenvalue weighted by Gasteiger charge is 2.65. The van der Waals surface area contributed by atoms with Gasteiger partial charge in [0.05, 0.1) is 11.2 Å². The van der Waals surface area contributed by atoms with E-state index < -0.39 is 0 Å². The van der Waals surface area contributed by atoms with Gasteiger partial charge in [0.1, 0.15) is 0 Å². The Morgan fingerprint density at radius 2 is 0.824 bits per heavy atom. The lowest BCUT2D eigenvalue weighted by atomic mass is 9.33. The van der Waals surface area contributed by atoms with Crippen molar-refractivity contribution in [2.75, 3.05) is 14.7 Å². The summed E-state index contributed by atoms with van der Waals surface area (Å²) >= 11 is 0. The summed E-state index contributed by atoms with van der Waals surface area (Å²) < 4.78 is 0. The molecule has 1 saturated carbocycles. The fourth-order valence-electron chi connectivity index (χ4n) is 16.9. The van der Waals surface area contributed by atoms with Crippen LogP contribution in [0.2, 0.25) is 0 Å². The Labute approximate surface area is 545 Å². The van der Waals surface area contributed by atoms with Crippen molar-refractivity contribution < 1.29 is 0 Å². The molecule has 458 valence electrons. The van der Waals surface area contributed by atoms with Crippen molar-refractivity contribution in [2.24, 2.45) is 10.8 Å². The van der Waals surface area contributed by atoms with Crippen LogP contribution in [-0.4, -0.2) is 12.3 Å². The number of aryl methyl sites for hydroxylation is 1. The average molecular weight is 1190 g/mol. The second-order valence-electron chi connectivity index (χ2n) is 32.3. The van der Waals surface area contributed by atoms with Crippen LogP contribution in [0.25, 0.3) is 11.1 Å². The van der Waals surface area contributed by atoms with Gasteiger partial charge in [-0.05, 0) is 186 Å². The molecule has 0 saturated heterocycles. The molecule has 1 aliphatic carbocycles. The predicted molar refractivity (Wildman–Crippen MR) is 391 cm³/mol. The van der Waals surface area contributed by atoms with Crippen LogP contribution in [0.3, 0.4) is 0 Å². The number of nitrogens with zero attached hydrogens (tertiary/aromatic N) is 3. The highest BCUT2D eigenvalue weighted by atomic mass is 15.3. The van der Waals surface area contributed by atoms with E-state index in [0.717, 1.165) is 12.8 Å². The molecule has 3 atom stereocenters. The second-order valence-corrected chi connectivity index (χ2v) is 32.3. The van der Waals surface area contributed by atoms with E-state index >= 15 is 0 Å². The molecule has 3 heterocycles. The second kappa shape index (κ2) is 21.4. The van der Waals surface area contributed by atoms with Crippen molar-refractivity contribution in [3.05, 3.63) is 281 Å². The van der Waals surface area contributed by atoms with Crippen molar-refractivity contribution in [1.29, 1.82) is 0 Å². The summed E-state index contributed by atoms with van der Waals surface area (Å²) in [5.74, 6) is 0.152. The fraction of sp³-hybridized carbons (Fsp3) is 0.310. The Hall–Kier alpha value is -8.34. The molecule has 0 bridgehead atoms. The zero-order chi connectivity index (χ0) is 64.0. The third-order valence-electron chi connectivity index (χ3n) is 22.6. The summed E-state index contributed by atoms with van der Waals surface area (Å²) in [5.41, 5.74) is 27.7. The third kappa shape index (κ3) is 9.83. The normalized spacial score (nSPS) is 19.1. The Bertz CT molecular complexity index is 4370. The van der Waals surface area contributed by atoms with Gasteiger partial charge in [-0.15, -0.1) is 0 Å². The van der Waals surface area contributed by atoms with E-state index in [0.29, 0.717) is 0 Å². The SMILES string of the molecule is Cc1cc2c3c(c1)N(c1ccc(C(C)(C)C)cc1-c1ccccc1)c1cc(C(C)(C)C)ccc1B3c1ccc(N3c4ccc(C(c5ccccc5)C(c5ccccc5)c5ccccc5)cc4C4(C)CC(C)(C)C(C)(C)CC34C)cc1N2c1ccc(C(C)(C)C)cc1. The number of hydrogen-bond donors (Lipinski definition) is 0. The maximum Gasteiger partial charge on any atom is 0.252 e. The van der Waals surface area contributed by atoms with Crippen molar-refractivity contribution in [3.63, 3.8) is 0 Å². The summed E-state index contributed by atoms with van der Waals surface area (Å²) in [6, 6.07) is 89.6. The number of fused-ring (bicyclic) bond motifs is 7. The van der Waals surface area contributed by atoms with E-state index in [-0.39, 0.29) is 56.6 Å². The molecule has 14 rings (SSSR count). The molecule has 3 nitrogen and oxygen atoms in total. The van der Waals surface area contributed by atoms with Crippen molar-refractivity contribution >= 4 is 68.6 Å². The molecule has 0 amide bonds. The van der Waals surface area contributed by atoms with Gasteiger partial charge in [-0.2, -0.15) is 0 Å². The monoisotopic (exact) mass is 1190 g/mol. The molecule has 0 spiro atoms. The molecule has 91 heavy (non-hydrogen) atoms. The largest absolute Gasteiger partial charge is 0.334 e. The van der Waals surface area contributed by atoms with Crippen molar-refractivity contribution in [3.8, 4) is 11.1 Å². The van der Waals surface area contributed by atoms with Crippen LogP contribution in [-0.2, 0) is 21.7 Å². The van der Waals surface area contributed by atoms with Crippen LogP contribution >= 0.6 is 0 Å². The van der Waals surface area contributed by atoms with E-state index in [1.54, 1.807) is 0 Å². The van der Waals surface area contributed by atoms with Gasteiger partial charge in [-0.1, -0.05) is 267 Å². The summed E-state index contributed by atoms with van der Waals surface area (Å²) in [4.78, 5) is 8.13. The minimum Gasteiger partial charge on any atom is -0.334 e. The third-order valence-corrected chi connectivity index (χ3v) is 22.6. The van der Waals surface area contributed by atoms with E-state index in [2.05, 4.69) is 356 Å². The quantitative estimate of drug-likeness (QED) is 0.133. The molecule has 3 unspecified atom stereocenters. The number of benzene rings is 10. The number of hydrogen-bond acceptors (Lipinski definition) is 3.